The van der Waals surface area contributed by atoms with Crippen LogP contribution in [0.5, 0.6) is 0 Å². The summed E-state index contributed by atoms with van der Waals surface area (Å²) < 4.78 is 5.60. The Balaban J connectivity index is 2.06. The fraction of sp³-hybridized carbons (Fsp3) is 0.727. The van der Waals surface area contributed by atoms with Crippen LogP contribution in [-0.2, 0) is 9.53 Å². The van der Waals surface area contributed by atoms with Gasteiger partial charge >= 0.3 is 0 Å². The van der Waals surface area contributed by atoms with Gasteiger partial charge in [-0.3, -0.25) is 4.79 Å². The molecule has 0 aromatic carbocycles. The molecule has 14 heavy (non-hydrogen) atoms. The van der Waals surface area contributed by atoms with E-state index in [1.807, 2.05) is 6.08 Å². The van der Waals surface area contributed by atoms with Crippen LogP contribution >= 0.6 is 0 Å². The summed E-state index contributed by atoms with van der Waals surface area (Å²) in [5.74, 6) is 0.0796. The maximum atomic E-state index is 11.5. The van der Waals surface area contributed by atoms with E-state index >= 15 is 0 Å². The minimum atomic E-state index is -0.328. The van der Waals surface area contributed by atoms with Gasteiger partial charge < -0.3 is 9.84 Å². The first-order chi connectivity index (χ1) is 6.74. The first kappa shape index (κ1) is 8.62. The van der Waals surface area contributed by atoms with Crippen molar-refractivity contribution in [3.63, 3.8) is 0 Å². The molecule has 0 radical (unpaired) electrons. The van der Waals surface area contributed by atoms with Crippen molar-refractivity contribution in [2.75, 3.05) is 6.61 Å². The molecular weight excluding hydrogens is 180 g/mol. The van der Waals surface area contributed by atoms with E-state index in [9.17, 15) is 9.90 Å². The molecule has 0 amide bonds. The molecule has 3 atom stereocenters. The highest BCUT2D eigenvalue weighted by Gasteiger charge is 2.71. The number of ether oxygens (including phenoxy) is 1. The minimum absolute atomic E-state index is 0.0796. The molecule has 3 rings (SSSR count). The van der Waals surface area contributed by atoms with Gasteiger partial charge in [0.05, 0.1) is 6.61 Å². The van der Waals surface area contributed by atoms with Crippen LogP contribution in [-0.4, -0.2) is 29.2 Å². The summed E-state index contributed by atoms with van der Waals surface area (Å²) in [7, 11) is 0. The summed E-state index contributed by atoms with van der Waals surface area (Å²) in [6, 6.07) is 0. The number of rotatable bonds is 1. The number of hydrogen-bond donors (Lipinski definition) is 1. The van der Waals surface area contributed by atoms with Gasteiger partial charge in [-0.2, -0.15) is 0 Å². The van der Waals surface area contributed by atoms with Crippen molar-refractivity contribution in [1.82, 2.24) is 0 Å². The predicted molar refractivity (Wildman–Crippen MR) is 49.7 cm³/mol. The zero-order valence-electron chi connectivity index (χ0n) is 8.03. The number of aliphatic hydroxyl groups is 1. The fourth-order valence-electron chi connectivity index (χ4n) is 3.14. The molecule has 1 saturated heterocycles. The van der Waals surface area contributed by atoms with Crippen molar-refractivity contribution in [2.24, 2.45) is 5.41 Å². The zero-order chi connectivity index (χ0) is 9.81. The zero-order valence-corrected chi connectivity index (χ0v) is 8.03. The molecule has 76 valence electrons. The van der Waals surface area contributed by atoms with Gasteiger partial charge in [-0.15, -0.1) is 0 Å². The number of carbonyl (C=O) groups is 1. The lowest BCUT2D eigenvalue weighted by molar-refractivity contribution is -0.116. The van der Waals surface area contributed by atoms with Crippen LogP contribution in [0.3, 0.4) is 0 Å². The number of epoxide rings is 1. The monoisotopic (exact) mass is 194 g/mol. The van der Waals surface area contributed by atoms with Gasteiger partial charge in [-0.05, 0) is 18.9 Å². The van der Waals surface area contributed by atoms with Crippen molar-refractivity contribution < 1.29 is 14.6 Å². The Hall–Kier alpha value is -0.670. The van der Waals surface area contributed by atoms with Crippen LogP contribution in [0.1, 0.15) is 25.7 Å². The van der Waals surface area contributed by atoms with Crippen LogP contribution in [0.4, 0.5) is 0 Å². The third-order valence-electron chi connectivity index (χ3n) is 4.07. The van der Waals surface area contributed by atoms with Crippen LogP contribution in [0, 0.1) is 5.41 Å². The second-order valence-corrected chi connectivity index (χ2v) is 4.64. The number of carbonyl (C=O) groups excluding carboxylic acids is 1. The second kappa shape index (κ2) is 2.47. The first-order valence-corrected chi connectivity index (χ1v) is 5.26. The van der Waals surface area contributed by atoms with Crippen LogP contribution in [0.2, 0.25) is 0 Å². The highest BCUT2D eigenvalue weighted by Crippen LogP contribution is 2.61. The van der Waals surface area contributed by atoms with Gasteiger partial charge in [-0.1, -0.05) is 18.9 Å². The molecule has 2 aliphatic carbocycles. The topological polar surface area (TPSA) is 49.8 Å². The van der Waals surface area contributed by atoms with Gasteiger partial charge in [0, 0.05) is 5.41 Å². The number of hydrogen-bond acceptors (Lipinski definition) is 3. The van der Waals surface area contributed by atoms with Gasteiger partial charge in [0.2, 0.25) is 0 Å². The number of ketones is 1. The molecule has 3 unspecified atom stereocenters. The van der Waals surface area contributed by atoms with Gasteiger partial charge in [0.15, 0.2) is 11.9 Å². The fourth-order valence-corrected chi connectivity index (χ4v) is 3.14. The molecule has 1 heterocycles. The first-order valence-electron chi connectivity index (χ1n) is 5.26. The standard InChI is InChI=1S/C11H14O3/c12-7-10-4-1-2-5-11(10)9(14-11)8(13)3-6-10/h3,6,9,12H,1-2,4-5,7H2. The highest BCUT2D eigenvalue weighted by atomic mass is 16.6. The Kier molecular flexibility index (Phi) is 1.52. The lowest BCUT2D eigenvalue weighted by atomic mass is 9.62. The van der Waals surface area contributed by atoms with Crippen LogP contribution in [0.25, 0.3) is 0 Å². The summed E-state index contributed by atoms with van der Waals surface area (Å²) in [6.45, 7) is 0.104. The summed E-state index contributed by atoms with van der Waals surface area (Å²) in [5, 5.41) is 9.51. The maximum absolute atomic E-state index is 11.5. The molecular formula is C11H14O3. The maximum Gasteiger partial charge on any atom is 0.187 e. The molecule has 0 aromatic rings. The van der Waals surface area contributed by atoms with Gasteiger partial charge in [-0.25, -0.2) is 0 Å². The van der Waals surface area contributed by atoms with Crippen LogP contribution in [0.15, 0.2) is 12.2 Å². The van der Waals surface area contributed by atoms with Crippen molar-refractivity contribution in [3.8, 4) is 0 Å². The van der Waals surface area contributed by atoms with E-state index in [-0.39, 0.29) is 29.5 Å². The molecule has 2 fully saturated rings. The average molecular weight is 194 g/mol. The lowest BCUT2D eigenvalue weighted by Crippen LogP contribution is -2.47. The Bertz CT molecular complexity index is 322. The Morgan fingerprint density at radius 3 is 3.07 bits per heavy atom. The average Bonchev–Trinajstić information content (AvgIpc) is 2.94. The quantitative estimate of drug-likeness (QED) is 0.628. The molecule has 3 nitrogen and oxygen atoms in total. The minimum Gasteiger partial charge on any atom is -0.395 e. The van der Waals surface area contributed by atoms with E-state index in [1.54, 1.807) is 6.08 Å². The second-order valence-electron chi connectivity index (χ2n) is 4.64. The number of aliphatic hydroxyl groups excluding tert-OH is 1. The van der Waals surface area contributed by atoms with Gasteiger partial charge in [0.1, 0.15) is 5.60 Å². The molecule has 1 aliphatic heterocycles. The summed E-state index contributed by atoms with van der Waals surface area (Å²) in [6.07, 6.45) is 7.34. The van der Waals surface area contributed by atoms with Crippen molar-refractivity contribution >= 4 is 5.78 Å². The molecule has 3 aliphatic rings. The molecule has 3 heteroatoms. The SMILES string of the molecule is O=C1C=CC2(CO)CCCCC23OC13. The molecule has 1 spiro atoms. The Morgan fingerprint density at radius 2 is 2.29 bits per heavy atom. The van der Waals surface area contributed by atoms with E-state index in [0.717, 1.165) is 25.7 Å². The summed E-state index contributed by atoms with van der Waals surface area (Å²) in [5.41, 5.74) is -0.588. The Labute approximate surface area is 82.8 Å². The third kappa shape index (κ3) is 0.782. The smallest absolute Gasteiger partial charge is 0.187 e. The van der Waals surface area contributed by atoms with E-state index in [0.29, 0.717) is 0 Å². The van der Waals surface area contributed by atoms with Crippen molar-refractivity contribution in [1.29, 1.82) is 0 Å². The van der Waals surface area contributed by atoms with E-state index in [2.05, 4.69) is 0 Å². The largest absolute Gasteiger partial charge is 0.395 e. The third-order valence-corrected chi connectivity index (χ3v) is 4.07. The summed E-state index contributed by atoms with van der Waals surface area (Å²) in [4.78, 5) is 11.5. The molecule has 0 bridgehead atoms. The summed E-state index contributed by atoms with van der Waals surface area (Å²) >= 11 is 0. The molecule has 1 N–H and O–H groups in total. The predicted octanol–water partition coefficient (Wildman–Crippen LogP) is 0.816. The van der Waals surface area contributed by atoms with E-state index in [4.69, 9.17) is 4.74 Å². The Morgan fingerprint density at radius 1 is 1.50 bits per heavy atom. The van der Waals surface area contributed by atoms with Crippen molar-refractivity contribution in [2.45, 2.75) is 37.4 Å². The highest BCUT2D eigenvalue weighted by molar-refractivity contribution is 5.98. The normalized spacial score (nSPS) is 49.8. The van der Waals surface area contributed by atoms with Gasteiger partial charge in [0.25, 0.3) is 0 Å². The lowest BCUT2D eigenvalue weighted by Gasteiger charge is -2.40. The van der Waals surface area contributed by atoms with Crippen LogP contribution < -0.4 is 0 Å². The molecule has 1 saturated carbocycles. The van der Waals surface area contributed by atoms with Crippen molar-refractivity contribution in [3.05, 3.63) is 12.2 Å². The van der Waals surface area contributed by atoms with E-state index < -0.39 is 0 Å². The molecule has 0 aromatic heterocycles. The van der Waals surface area contributed by atoms with E-state index in [1.165, 1.54) is 0 Å².